The number of carbonyl (C=O) groups is 2. The number of hydrogen-bond donors (Lipinski definition) is 1. The number of hydrogen-bond acceptors (Lipinski definition) is 4. The van der Waals surface area contributed by atoms with Crippen molar-refractivity contribution in [3.05, 3.63) is 59.7 Å². The average molecular weight is 408 g/mol. The first-order valence-electron chi connectivity index (χ1n) is 9.98. The van der Waals surface area contributed by atoms with Crippen LogP contribution in [0.15, 0.2) is 53.4 Å². The fourth-order valence-electron chi connectivity index (χ4n) is 3.40. The molecule has 1 N–H and O–H groups in total. The molecule has 0 saturated carbocycles. The van der Waals surface area contributed by atoms with Gasteiger partial charge in [0.15, 0.2) is 0 Å². The van der Waals surface area contributed by atoms with Gasteiger partial charge in [0.05, 0.1) is 22.9 Å². The molecule has 1 aliphatic heterocycles. The van der Waals surface area contributed by atoms with Gasteiger partial charge in [0, 0.05) is 23.7 Å². The molecule has 0 bridgehead atoms. The molecule has 0 radical (unpaired) electrons. The Kier molecular flexibility index (Phi) is 7.71. The molecule has 1 aliphatic rings. The minimum atomic E-state index is -0.168. The van der Waals surface area contributed by atoms with Gasteiger partial charge in [-0.25, -0.2) is 0 Å². The van der Waals surface area contributed by atoms with Gasteiger partial charge in [-0.15, -0.1) is 11.8 Å². The lowest BCUT2D eigenvalue weighted by Gasteiger charge is -2.25. The summed E-state index contributed by atoms with van der Waals surface area (Å²) in [4.78, 5) is 28.2. The standard InChI is InChI=1S/C23H25N3O2S/c24-16-18-9-8-10-19(15-18)25-22(27)17-29-21-12-5-4-11-20(21)23(28)26-13-6-2-1-3-7-14-26/h4-5,8-12,15H,1-3,6-7,13-14,17H2,(H,25,27). The Morgan fingerprint density at radius 1 is 1.00 bits per heavy atom. The quantitative estimate of drug-likeness (QED) is 0.730. The molecule has 1 fully saturated rings. The molecule has 0 aliphatic carbocycles. The summed E-state index contributed by atoms with van der Waals surface area (Å²) in [6, 6.07) is 16.4. The molecule has 2 aromatic rings. The molecule has 3 rings (SSSR count). The number of amides is 2. The Bertz CT molecular complexity index is 899. The second-order valence-electron chi connectivity index (χ2n) is 7.09. The van der Waals surface area contributed by atoms with Crippen LogP contribution in [0.2, 0.25) is 0 Å². The van der Waals surface area contributed by atoms with E-state index < -0.39 is 0 Å². The number of nitriles is 1. The predicted octanol–water partition coefficient (Wildman–Crippen LogP) is 4.70. The number of carbonyl (C=O) groups excluding carboxylic acids is 2. The van der Waals surface area contributed by atoms with Gasteiger partial charge >= 0.3 is 0 Å². The van der Waals surface area contributed by atoms with Crippen LogP contribution in [0.1, 0.15) is 48.0 Å². The fourth-order valence-corrected chi connectivity index (χ4v) is 4.24. The lowest BCUT2D eigenvalue weighted by molar-refractivity contribution is -0.113. The summed E-state index contributed by atoms with van der Waals surface area (Å²) in [7, 11) is 0. The number of anilines is 1. The number of nitrogens with zero attached hydrogens (tertiary/aromatic N) is 2. The lowest BCUT2D eigenvalue weighted by Crippen LogP contribution is -2.34. The van der Waals surface area contributed by atoms with Crippen molar-refractivity contribution in [2.24, 2.45) is 0 Å². The summed E-state index contributed by atoms with van der Waals surface area (Å²) in [5.41, 5.74) is 1.76. The van der Waals surface area contributed by atoms with Crippen LogP contribution in [0.4, 0.5) is 5.69 Å². The summed E-state index contributed by atoms with van der Waals surface area (Å²) in [6.07, 6.45) is 5.69. The van der Waals surface area contributed by atoms with Crippen molar-refractivity contribution in [1.29, 1.82) is 5.26 Å². The Morgan fingerprint density at radius 2 is 1.72 bits per heavy atom. The summed E-state index contributed by atoms with van der Waals surface area (Å²) in [5, 5.41) is 11.8. The van der Waals surface area contributed by atoms with E-state index in [9.17, 15) is 9.59 Å². The van der Waals surface area contributed by atoms with E-state index in [2.05, 4.69) is 11.4 Å². The van der Waals surface area contributed by atoms with Crippen LogP contribution in [-0.2, 0) is 4.79 Å². The highest BCUT2D eigenvalue weighted by Crippen LogP contribution is 2.25. The second-order valence-corrected chi connectivity index (χ2v) is 8.10. The number of benzene rings is 2. The van der Waals surface area contributed by atoms with Crippen LogP contribution in [0.25, 0.3) is 0 Å². The Hall–Kier alpha value is -2.78. The summed E-state index contributed by atoms with van der Waals surface area (Å²) in [6.45, 7) is 1.60. The molecular weight excluding hydrogens is 382 g/mol. The molecule has 1 saturated heterocycles. The van der Waals surface area contributed by atoms with Crippen LogP contribution in [-0.4, -0.2) is 35.6 Å². The van der Waals surface area contributed by atoms with Gasteiger partial charge in [0.1, 0.15) is 0 Å². The first kappa shape index (κ1) is 20.9. The SMILES string of the molecule is N#Cc1cccc(NC(=O)CSc2ccccc2C(=O)N2CCCCCCC2)c1. The third-order valence-corrected chi connectivity index (χ3v) is 5.97. The maximum Gasteiger partial charge on any atom is 0.254 e. The molecule has 150 valence electrons. The van der Waals surface area contributed by atoms with Crippen LogP contribution >= 0.6 is 11.8 Å². The smallest absolute Gasteiger partial charge is 0.254 e. The van der Waals surface area contributed by atoms with Crippen LogP contribution in [0.3, 0.4) is 0 Å². The maximum absolute atomic E-state index is 13.1. The fraction of sp³-hybridized carbons (Fsp3) is 0.348. The molecule has 6 heteroatoms. The van der Waals surface area contributed by atoms with Crippen molar-refractivity contribution in [3.8, 4) is 6.07 Å². The monoisotopic (exact) mass is 407 g/mol. The highest BCUT2D eigenvalue weighted by atomic mass is 32.2. The Balaban J connectivity index is 1.63. The number of thioether (sulfide) groups is 1. The topological polar surface area (TPSA) is 73.2 Å². The van der Waals surface area contributed by atoms with E-state index >= 15 is 0 Å². The molecule has 1 heterocycles. The second kappa shape index (κ2) is 10.7. The van der Waals surface area contributed by atoms with Crippen molar-refractivity contribution in [1.82, 2.24) is 4.90 Å². The first-order valence-corrected chi connectivity index (χ1v) is 11.0. The zero-order valence-electron chi connectivity index (χ0n) is 16.4. The largest absolute Gasteiger partial charge is 0.339 e. The summed E-state index contributed by atoms with van der Waals surface area (Å²) < 4.78 is 0. The van der Waals surface area contributed by atoms with E-state index in [4.69, 9.17) is 5.26 Å². The number of likely N-dealkylation sites (tertiary alicyclic amines) is 1. The van der Waals surface area contributed by atoms with Crippen molar-refractivity contribution >= 4 is 29.3 Å². The lowest BCUT2D eigenvalue weighted by atomic mass is 10.1. The van der Waals surface area contributed by atoms with Gasteiger partial charge in [-0.1, -0.05) is 37.5 Å². The third-order valence-electron chi connectivity index (χ3n) is 4.89. The first-order chi connectivity index (χ1) is 14.2. The predicted molar refractivity (Wildman–Crippen MR) is 116 cm³/mol. The minimum Gasteiger partial charge on any atom is -0.339 e. The van der Waals surface area contributed by atoms with Crippen molar-refractivity contribution in [2.75, 3.05) is 24.2 Å². The molecular formula is C23H25N3O2S. The Labute approximate surface area is 176 Å². The molecule has 0 unspecified atom stereocenters. The van der Waals surface area contributed by atoms with Gasteiger partial charge < -0.3 is 10.2 Å². The highest BCUT2D eigenvalue weighted by molar-refractivity contribution is 8.00. The maximum atomic E-state index is 13.1. The van der Waals surface area contributed by atoms with Crippen molar-refractivity contribution in [3.63, 3.8) is 0 Å². The Morgan fingerprint density at radius 3 is 2.48 bits per heavy atom. The van der Waals surface area contributed by atoms with E-state index in [-0.39, 0.29) is 17.6 Å². The third kappa shape index (κ3) is 6.10. The molecule has 2 amide bonds. The van der Waals surface area contributed by atoms with Crippen LogP contribution in [0, 0.1) is 11.3 Å². The van der Waals surface area contributed by atoms with Gasteiger partial charge in [0.25, 0.3) is 5.91 Å². The minimum absolute atomic E-state index is 0.0529. The normalized spacial score (nSPS) is 14.4. The van der Waals surface area contributed by atoms with Crippen molar-refractivity contribution < 1.29 is 9.59 Å². The average Bonchev–Trinajstić information content (AvgIpc) is 2.72. The zero-order chi connectivity index (χ0) is 20.5. The molecule has 29 heavy (non-hydrogen) atoms. The van der Waals surface area contributed by atoms with Gasteiger partial charge in [0.2, 0.25) is 5.91 Å². The van der Waals surface area contributed by atoms with Crippen LogP contribution < -0.4 is 5.32 Å². The zero-order valence-corrected chi connectivity index (χ0v) is 17.2. The van der Waals surface area contributed by atoms with E-state index in [1.165, 1.54) is 31.0 Å². The van der Waals surface area contributed by atoms with Gasteiger partial charge in [-0.2, -0.15) is 5.26 Å². The van der Waals surface area contributed by atoms with E-state index in [1.807, 2.05) is 29.2 Å². The molecule has 0 aromatic heterocycles. The highest BCUT2D eigenvalue weighted by Gasteiger charge is 2.20. The molecule has 5 nitrogen and oxygen atoms in total. The number of nitrogens with one attached hydrogen (secondary N) is 1. The van der Waals surface area contributed by atoms with E-state index in [0.29, 0.717) is 16.8 Å². The molecule has 2 aromatic carbocycles. The van der Waals surface area contributed by atoms with Gasteiger partial charge in [-0.05, 0) is 43.2 Å². The van der Waals surface area contributed by atoms with Crippen molar-refractivity contribution in [2.45, 2.75) is 37.0 Å². The summed E-state index contributed by atoms with van der Waals surface area (Å²) in [5.74, 6) is 0.0804. The van der Waals surface area contributed by atoms with Crippen LogP contribution in [0.5, 0.6) is 0 Å². The summed E-state index contributed by atoms with van der Waals surface area (Å²) >= 11 is 1.36. The molecule has 0 spiro atoms. The molecule has 0 atom stereocenters. The van der Waals surface area contributed by atoms with E-state index in [1.54, 1.807) is 24.3 Å². The van der Waals surface area contributed by atoms with Gasteiger partial charge in [-0.3, -0.25) is 9.59 Å². The van der Waals surface area contributed by atoms with E-state index in [0.717, 1.165) is 30.8 Å². The number of rotatable bonds is 5.